The molecule has 118 valence electrons. The molecule has 3 rings (SSSR count). The largest absolute Gasteiger partial charge is 0.353 e. The zero-order valence-corrected chi connectivity index (χ0v) is 12.6. The molecule has 1 amide bonds. The van der Waals surface area contributed by atoms with Crippen molar-refractivity contribution in [3.63, 3.8) is 0 Å². The molecule has 1 N–H and O–H groups in total. The fourth-order valence-corrected chi connectivity index (χ4v) is 2.26. The lowest BCUT2D eigenvalue weighted by Crippen LogP contribution is -2.33. The Balaban J connectivity index is 1.58. The van der Waals surface area contributed by atoms with Crippen molar-refractivity contribution in [3.8, 4) is 0 Å². The third-order valence-corrected chi connectivity index (χ3v) is 3.46. The van der Waals surface area contributed by atoms with Crippen LogP contribution in [0.15, 0.2) is 41.6 Å². The molecule has 0 fully saturated rings. The number of aryl methyl sites for hydroxylation is 1. The Morgan fingerprint density at radius 3 is 3.00 bits per heavy atom. The summed E-state index contributed by atoms with van der Waals surface area (Å²) < 4.78 is 3.02. The minimum Gasteiger partial charge on any atom is -0.353 e. The lowest BCUT2D eigenvalue weighted by Gasteiger charge is -2.08. The molecule has 23 heavy (non-hydrogen) atoms. The first-order valence-electron chi connectivity index (χ1n) is 7.21. The molecule has 8 nitrogen and oxygen atoms in total. The first-order valence-corrected chi connectivity index (χ1v) is 7.21. The highest BCUT2D eigenvalue weighted by molar-refractivity contribution is 5.79. The summed E-state index contributed by atoms with van der Waals surface area (Å²) in [4.78, 5) is 27.8. The van der Waals surface area contributed by atoms with Crippen LogP contribution in [0.25, 0.3) is 11.0 Å². The summed E-state index contributed by atoms with van der Waals surface area (Å²) >= 11 is 0. The summed E-state index contributed by atoms with van der Waals surface area (Å²) in [7, 11) is 0. The first kappa shape index (κ1) is 14.9. The van der Waals surface area contributed by atoms with Gasteiger partial charge in [-0.05, 0) is 19.1 Å². The van der Waals surface area contributed by atoms with E-state index in [1.54, 1.807) is 11.6 Å². The van der Waals surface area contributed by atoms with E-state index in [1.165, 1.54) is 17.1 Å². The second-order valence-electron chi connectivity index (χ2n) is 5.16. The van der Waals surface area contributed by atoms with E-state index in [9.17, 15) is 9.59 Å². The van der Waals surface area contributed by atoms with Crippen molar-refractivity contribution in [1.29, 1.82) is 0 Å². The smallest absolute Gasteiger partial charge is 0.256 e. The van der Waals surface area contributed by atoms with E-state index in [0.29, 0.717) is 18.7 Å². The number of hydrogen-bond donors (Lipinski definition) is 1. The van der Waals surface area contributed by atoms with E-state index >= 15 is 0 Å². The molecule has 0 saturated heterocycles. The molecule has 2 aromatic heterocycles. The second-order valence-corrected chi connectivity index (χ2v) is 5.16. The summed E-state index contributed by atoms with van der Waals surface area (Å²) in [6.45, 7) is 2.51. The molecular weight excluding hydrogens is 296 g/mol. The normalized spacial score (nSPS) is 10.8. The fraction of sp³-hybridized carbons (Fsp3) is 0.267. The number of carbonyl (C=O) groups excluding carboxylic acids is 1. The molecule has 8 heteroatoms. The van der Waals surface area contributed by atoms with Gasteiger partial charge in [0, 0.05) is 24.8 Å². The highest BCUT2D eigenvalue weighted by Gasteiger charge is 2.08. The van der Waals surface area contributed by atoms with Crippen molar-refractivity contribution in [2.24, 2.45) is 0 Å². The molecule has 0 aliphatic heterocycles. The minimum absolute atomic E-state index is 0.0848. The number of rotatable bonds is 5. The molecule has 0 atom stereocenters. The Morgan fingerprint density at radius 1 is 1.30 bits per heavy atom. The van der Waals surface area contributed by atoms with Crippen LogP contribution in [-0.4, -0.2) is 37.0 Å². The van der Waals surface area contributed by atoms with Gasteiger partial charge in [-0.3, -0.25) is 14.2 Å². The lowest BCUT2D eigenvalue weighted by atomic mass is 10.3. The zero-order chi connectivity index (χ0) is 16.2. The lowest BCUT2D eigenvalue weighted by molar-refractivity contribution is -0.121. The topological polar surface area (TPSA) is 94.7 Å². The Morgan fingerprint density at radius 2 is 2.13 bits per heavy atom. The van der Waals surface area contributed by atoms with E-state index in [4.69, 9.17) is 0 Å². The first-order chi connectivity index (χ1) is 11.1. The van der Waals surface area contributed by atoms with Gasteiger partial charge in [-0.1, -0.05) is 17.3 Å². The third kappa shape index (κ3) is 3.25. The van der Waals surface area contributed by atoms with Crippen molar-refractivity contribution in [3.05, 3.63) is 52.7 Å². The molecule has 0 bridgehead atoms. The minimum atomic E-state index is -0.186. The molecule has 0 unspecified atom stereocenters. The average molecular weight is 312 g/mol. The number of para-hydroxylation sites is 1. The zero-order valence-electron chi connectivity index (χ0n) is 12.6. The van der Waals surface area contributed by atoms with Gasteiger partial charge in [0.2, 0.25) is 5.91 Å². The van der Waals surface area contributed by atoms with Crippen molar-refractivity contribution in [2.45, 2.75) is 20.0 Å². The van der Waals surface area contributed by atoms with E-state index in [2.05, 4.69) is 20.6 Å². The highest BCUT2D eigenvalue weighted by atomic mass is 16.2. The van der Waals surface area contributed by atoms with Crippen molar-refractivity contribution < 1.29 is 4.79 Å². The number of fused-ring (bicyclic) bond motifs is 1. The molecule has 0 saturated carbocycles. The van der Waals surface area contributed by atoms with Gasteiger partial charge in [-0.25, -0.2) is 9.67 Å². The van der Waals surface area contributed by atoms with Crippen LogP contribution >= 0.6 is 0 Å². The predicted octanol–water partition coefficient (Wildman–Crippen LogP) is 0.113. The number of benzene rings is 1. The molecule has 1 aromatic carbocycles. The van der Waals surface area contributed by atoms with Gasteiger partial charge >= 0.3 is 0 Å². The Hall–Kier alpha value is -3.03. The van der Waals surface area contributed by atoms with Crippen LogP contribution in [0.4, 0.5) is 0 Å². The van der Waals surface area contributed by atoms with Gasteiger partial charge in [0.25, 0.3) is 5.56 Å². The van der Waals surface area contributed by atoms with E-state index in [0.717, 1.165) is 11.0 Å². The number of hydrogen-bond acceptors (Lipinski definition) is 5. The Labute approximate surface area is 131 Å². The molecular formula is C15H16N6O2. The fourth-order valence-electron chi connectivity index (χ4n) is 2.26. The van der Waals surface area contributed by atoms with Crippen LogP contribution in [0.2, 0.25) is 0 Å². The van der Waals surface area contributed by atoms with Crippen molar-refractivity contribution in [2.75, 3.05) is 6.54 Å². The van der Waals surface area contributed by atoms with E-state index in [-0.39, 0.29) is 18.0 Å². The summed E-state index contributed by atoms with van der Waals surface area (Å²) in [6, 6.07) is 7.45. The molecule has 0 spiro atoms. The molecule has 0 radical (unpaired) electrons. The van der Waals surface area contributed by atoms with Gasteiger partial charge in [-0.15, -0.1) is 5.10 Å². The Bertz CT molecular complexity index is 898. The predicted molar refractivity (Wildman–Crippen MR) is 83.8 cm³/mol. The van der Waals surface area contributed by atoms with Crippen LogP contribution in [0.5, 0.6) is 0 Å². The van der Waals surface area contributed by atoms with Crippen LogP contribution in [0.1, 0.15) is 5.56 Å². The maximum absolute atomic E-state index is 12.0. The summed E-state index contributed by atoms with van der Waals surface area (Å²) in [5.74, 6) is -0.186. The number of amides is 1. The monoisotopic (exact) mass is 312 g/mol. The molecule has 0 aliphatic rings. The van der Waals surface area contributed by atoms with Crippen LogP contribution in [0.3, 0.4) is 0 Å². The standard InChI is InChI=1S/C15H16N6O2/c1-11-8-16-10-20(15(11)23)7-6-17-14(22)9-21-13-5-3-2-4-12(13)18-19-21/h2-5,8,10H,6-7,9H2,1H3,(H,17,22). The third-order valence-electron chi connectivity index (χ3n) is 3.46. The van der Waals surface area contributed by atoms with Gasteiger partial charge in [0.1, 0.15) is 12.1 Å². The molecule has 3 aromatic rings. The van der Waals surface area contributed by atoms with E-state index in [1.807, 2.05) is 24.3 Å². The van der Waals surface area contributed by atoms with Crippen LogP contribution in [0, 0.1) is 6.92 Å². The van der Waals surface area contributed by atoms with Crippen LogP contribution in [-0.2, 0) is 17.9 Å². The SMILES string of the molecule is Cc1cncn(CCNC(=O)Cn2nnc3ccccc32)c1=O. The van der Waals surface area contributed by atoms with Gasteiger partial charge in [-0.2, -0.15) is 0 Å². The number of carbonyl (C=O) groups is 1. The van der Waals surface area contributed by atoms with Gasteiger partial charge in [0.15, 0.2) is 0 Å². The van der Waals surface area contributed by atoms with Crippen molar-refractivity contribution >= 4 is 16.9 Å². The summed E-state index contributed by atoms with van der Waals surface area (Å²) in [5.41, 5.74) is 2.03. The number of nitrogens with one attached hydrogen (secondary N) is 1. The average Bonchev–Trinajstić information content (AvgIpc) is 2.95. The van der Waals surface area contributed by atoms with Gasteiger partial charge < -0.3 is 5.32 Å². The summed E-state index contributed by atoms with van der Waals surface area (Å²) in [5, 5.41) is 10.7. The summed E-state index contributed by atoms with van der Waals surface area (Å²) in [6.07, 6.45) is 2.99. The van der Waals surface area contributed by atoms with Crippen LogP contribution < -0.4 is 10.9 Å². The highest BCUT2D eigenvalue weighted by Crippen LogP contribution is 2.08. The second kappa shape index (κ2) is 6.39. The quantitative estimate of drug-likeness (QED) is 0.721. The van der Waals surface area contributed by atoms with E-state index < -0.39 is 0 Å². The number of aromatic nitrogens is 5. The van der Waals surface area contributed by atoms with Crippen molar-refractivity contribution in [1.82, 2.24) is 29.9 Å². The maximum atomic E-state index is 12.0. The molecule has 2 heterocycles. The number of nitrogens with zero attached hydrogens (tertiary/aromatic N) is 5. The maximum Gasteiger partial charge on any atom is 0.256 e. The van der Waals surface area contributed by atoms with Gasteiger partial charge in [0.05, 0.1) is 11.8 Å². The Kier molecular flexibility index (Phi) is 4.13. The molecule has 0 aliphatic carbocycles.